The molecule has 2 aromatic heterocycles. The molecule has 2 rings (SSSR count). The van der Waals surface area contributed by atoms with Gasteiger partial charge in [-0.3, -0.25) is 4.79 Å². The minimum atomic E-state index is -0.929. The molecule has 0 saturated carbocycles. The Hall–Kier alpha value is -1.95. The number of aliphatic hydroxyl groups excluding tert-OH is 1. The zero-order valence-corrected chi connectivity index (χ0v) is 8.08. The van der Waals surface area contributed by atoms with Crippen molar-refractivity contribution >= 4 is 0 Å². The van der Waals surface area contributed by atoms with Crippen molar-refractivity contribution in [1.82, 2.24) is 19.7 Å². The molecule has 0 fully saturated rings. The summed E-state index contributed by atoms with van der Waals surface area (Å²) in [5, 5.41) is 15.9. The molecule has 0 amide bonds. The van der Waals surface area contributed by atoms with E-state index in [2.05, 4.69) is 15.2 Å². The van der Waals surface area contributed by atoms with Crippen molar-refractivity contribution in [1.29, 1.82) is 0 Å². The number of imidazole rings is 1. The Morgan fingerprint density at radius 2 is 2.33 bits per heavy atom. The quantitative estimate of drug-likeness (QED) is 0.699. The van der Waals surface area contributed by atoms with E-state index < -0.39 is 6.10 Å². The van der Waals surface area contributed by atoms with E-state index in [0.29, 0.717) is 11.5 Å². The number of hydrogen-bond donors (Lipinski definition) is 2. The van der Waals surface area contributed by atoms with Crippen LogP contribution in [0.15, 0.2) is 29.3 Å². The van der Waals surface area contributed by atoms with Crippen molar-refractivity contribution in [3.63, 3.8) is 0 Å². The van der Waals surface area contributed by atoms with E-state index in [0.717, 1.165) is 0 Å². The fourth-order valence-electron chi connectivity index (χ4n) is 1.28. The van der Waals surface area contributed by atoms with Gasteiger partial charge >= 0.3 is 0 Å². The maximum Gasteiger partial charge on any atom is 0.264 e. The molecule has 78 valence electrons. The molecular formula is C9H10N4O2. The number of aliphatic hydroxyl groups is 1. The zero-order valence-electron chi connectivity index (χ0n) is 8.08. The molecule has 0 bridgehead atoms. The maximum absolute atomic E-state index is 10.8. The molecule has 6 nitrogen and oxygen atoms in total. The van der Waals surface area contributed by atoms with Crippen LogP contribution >= 0.6 is 0 Å². The van der Waals surface area contributed by atoms with E-state index >= 15 is 0 Å². The van der Waals surface area contributed by atoms with E-state index in [1.807, 2.05) is 0 Å². The van der Waals surface area contributed by atoms with Crippen molar-refractivity contribution in [2.45, 2.75) is 6.10 Å². The van der Waals surface area contributed by atoms with Gasteiger partial charge in [0.25, 0.3) is 5.56 Å². The van der Waals surface area contributed by atoms with Gasteiger partial charge in [0.05, 0.1) is 5.69 Å². The van der Waals surface area contributed by atoms with Gasteiger partial charge in [-0.1, -0.05) is 0 Å². The third kappa shape index (κ3) is 1.79. The summed E-state index contributed by atoms with van der Waals surface area (Å²) in [6.45, 7) is 0. The van der Waals surface area contributed by atoms with Crippen LogP contribution in [0.4, 0.5) is 0 Å². The molecule has 1 atom stereocenters. The number of aromatic nitrogens is 4. The number of nitrogens with one attached hydrogen (secondary N) is 1. The number of H-pyrrole nitrogens is 1. The minimum absolute atomic E-state index is 0.300. The van der Waals surface area contributed by atoms with Crippen LogP contribution in [0.2, 0.25) is 0 Å². The number of aromatic amines is 1. The lowest BCUT2D eigenvalue weighted by Gasteiger charge is -2.08. The third-order valence-electron chi connectivity index (χ3n) is 2.08. The molecule has 15 heavy (non-hydrogen) atoms. The first kappa shape index (κ1) is 9.60. The maximum atomic E-state index is 10.8. The molecule has 0 saturated heterocycles. The Bertz CT molecular complexity index is 496. The predicted molar refractivity (Wildman–Crippen MR) is 52.1 cm³/mol. The molecule has 0 aromatic carbocycles. The SMILES string of the molecule is Cn1ccnc1C(O)c1ccc(=O)[nH]n1. The average molecular weight is 206 g/mol. The van der Waals surface area contributed by atoms with E-state index in [1.165, 1.54) is 12.1 Å². The van der Waals surface area contributed by atoms with Gasteiger partial charge in [0.15, 0.2) is 6.10 Å². The molecule has 0 aliphatic rings. The Balaban J connectivity index is 2.36. The van der Waals surface area contributed by atoms with Crippen LogP contribution in [0.3, 0.4) is 0 Å². The van der Waals surface area contributed by atoms with Gasteiger partial charge in [-0.15, -0.1) is 0 Å². The molecular weight excluding hydrogens is 196 g/mol. The van der Waals surface area contributed by atoms with Gasteiger partial charge in [-0.25, -0.2) is 10.1 Å². The second-order valence-corrected chi connectivity index (χ2v) is 3.14. The summed E-state index contributed by atoms with van der Waals surface area (Å²) < 4.78 is 1.69. The van der Waals surface area contributed by atoms with Crippen molar-refractivity contribution in [2.24, 2.45) is 7.05 Å². The van der Waals surface area contributed by atoms with Crippen LogP contribution in [0.5, 0.6) is 0 Å². The van der Waals surface area contributed by atoms with Crippen LogP contribution in [0.1, 0.15) is 17.6 Å². The highest BCUT2D eigenvalue weighted by molar-refractivity contribution is 5.13. The number of aryl methyl sites for hydroxylation is 1. The van der Waals surface area contributed by atoms with Gasteiger partial charge in [-0.2, -0.15) is 5.10 Å². The van der Waals surface area contributed by atoms with Crippen molar-refractivity contribution < 1.29 is 5.11 Å². The smallest absolute Gasteiger partial charge is 0.264 e. The second-order valence-electron chi connectivity index (χ2n) is 3.14. The lowest BCUT2D eigenvalue weighted by molar-refractivity contribution is 0.200. The summed E-state index contributed by atoms with van der Waals surface area (Å²) >= 11 is 0. The zero-order chi connectivity index (χ0) is 10.8. The van der Waals surface area contributed by atoms with E-state index in [9.17, 15) is 9.90 Å². The summed E-state index contributed by atoms with van der Waals surface area (Å²) in [5.74, 6) is 0.481. The van der Waals surface area contributed by atoms with Gasteiger partial charge in [0.1, 0.15) is 5.82 Å². The number of rotatable bonds is 2. The Kier molecular flexibility index (Phi) is 2.34. The first-order chi connectivity index (χ1) is 7.18. The van der Waals surface area contributed by atoms with E-state index in [4.69, 9.17) is 0 Å². The van der Waals surface area contributed by atoms with Crippen molar-refractivity contribution in [3.05, 3.63) is 46.4 Å². The number of nitrogens with zero attached hydrogens (tertiary/aromatic N) is 3. The van der Waals surface area contributed by atoms with Crippen LogP contribution in [-0.2, 0) is 7.05 Å². The summed E-state index contributed by atoms with van der Waals surface area (Å²) in [6.07, 6.45) is 2.39. The first-order valence-corrected chi connectivity index (χ1v) is 4.39. The largest absolute Gasteiger partial charge is 0.379 e. The van der Waals surface area contributed by atoms with Crippen LogP contribution in [0.25, 0.3) is 0 Å². The molecule has 0 spiro atoms. The molecule has 2 N–H and O–H groups in total. The van der Waals surface area contributed by atoms with Crippen LogP contribution in [0, 0.1) is 0 Å². The second kappa shape index (κ2) is 3.66. The molecule has 6 heteroatoms. The Morgan fingerprint density at radius 1 is 1.53 bits per heavy atom. The van der Waals surface area contributed by atoms with Gasteiger partial charge in [-0.05, 0) is 6.07 Å². The van der Waals surface area contributed by atoms with Gasteiger partial charge in [0.2, 0.25) is 0 Å². The summed E-state index contributed by atoms with van der Waals surface area (Å²) in [5.41, 5.74) is 0.0645. The lowest BCUT2D eigenvalue weighted by atomic mass is 10.2. The predicted octanol–water partition coefficient (Wildman–Crippen LogP) is -0.415. The van der Waals surface area contributed by atoms with Crippen molar-refractivity contribution in [2.75, 3.05) is 0 Å². The van der Waals surface area contributed by atoms with E-state index in [-0.39, 0.29) is 5.56 Å². The Labute approximate surface area is 85.2 Å². The number of hydrogen-bond acceptors (Lipinski definition) is 4. The monoisotopic (exact) mass is 206 g/mol. The van der Waals surface area contributed by atoms with Gasteiger partial charge < -0.3 is 9.67 Å². The topological polar surface area (TPSA) is 83.8 Å². The average Bonchev–Trinajstić information content (AvgIpc) is 2.65. The highest BCUT2D eigenvalue weighted by Gasteiger charge is 2.15. The standard InChI is InChI=1S/C9H10N4O2/c1-13-5-4-10-9(13)8(15)6-2-3-7(14)12-11-6/h2-5,8,15H,1H3,(H,12,14). The van der Waals surface area contributed by atoms with Crippen LogP contribution < -0.4 is 5.56 Å². The highest BCUT2D eigenvalue weighted by atomic mass is 16.3. The van der Waals surface area contributed by atoms with Crippen LogP contribution in [-0.4, -0.2) is 24.9 Å². The first-order valence-electron chi connectivity index (χ1n) is 4.39. The summed E-state index contributed by atoms with van der Waals surface area (Å²) in [6, 6.07) is 2.78. The van der Waals surface area contributed by atoms with Gasteiger partial charge in [0, 0.05) is 25.5 Å². The summed E-state index contributed by atoms with van der Waals surface area (Å²) in [4.78, 5) is 14.8. The molecule has 1 unspecified atom stereocenters. The summed E-state index contributed by atoms with van der Waals surface area (Å²) in [7, 11) is 1.78. The molecule has 0 radical (unpaired) electrons. The van der Waals surface area contributed by atoms with Crippen molar-refractivity contribution in [3.8, 4) is 0 Å². The highest BCUT2D eigenvalue weighted by Crippen LogP contribution is 2.15. The minimum Gasteiger partial charge on any atom is -0.379 e. The molecule has 2 aromatic rings. The Morgan fingerprint density at radius 3 is 2.87 bits per heavy atom. The lowest BCUT2D eigenvalue weighted by Crippen LogP contribution is -2.13. The molecule has 0 aliphatic carbocycles. The molecule has 2 heterocycles. The third-order valence-corrected chi connectivity index (χ3v) is 2.08. The normalized spacial score (nSPS) is 12.7. The molecule has 0 aliphatic heterocycles. The fourth-order valence-corrected chi connectivity index (χ4v) is 1.28. The fraction of sp³-hybridized carbons (Fsp3) is 0.222. The van der Waals surface area contributed by atoms with E-state index in [1.54, 1.807) is 24.0 Å².